The molecule has 1 aliphatic heterocycles. The molecule has 1 aromatic heterocycles. The number of aryl methyl sites for hydroxylation is 2. The van der Waals surface area contributed by atoms with Gasteiger partial charge in [-0.2, -0.15) is 5.10 Å². The Bertz CT molecular complexity index is 548. The molecule has 0 bridgehead atoms. The van der Waals surface area contributed by atoms with Crippen molar-refractivity contribution in [1.82, 2.24) is 20.0 Å². The quantitative estimate of drug-likeness (QED) is 0.607. The highest BCUT2D eigenvalue weighted by atomic mass is 16.5. The first-order chi connectivity index (χ1) is 12.0. The minimum atomic E-state index is 0.485. The molecular weight excluding hydrogens is 314 g/mol. The van der Waals surface area contributed by atoms with Crippen molar-refractivity contribution in [3.8, 4) is 0 Å². The van der Waals surface area contributed by atoms with Crippen LogP contribution in [-0.4, -0.2) is 61.0 Å². The number of guanidine groups is 1. The highest BCUT2D eigenvalue weighted by Gasteiger charge is 2.16. The molecule has 0 aliphatic carbocycles. The molecule has 1 unspecified atom stereocenters. The van der Waals surface area contributed by atoms with Crippen molar-refractivity contribution < 1.29 is 4.74 Å². The Hall–Kier alpha value is -1.56. The van der Waals surface area contributed by atoms with Crippen molar-refractivity contribution in [2.75, 3.05) is 40.4 Å². The number of ether oxygens (including phenoxy) is 1. The van der Waals surface area contributed by atoms with Crippen LogP contribution < -0.4 is 5.32 Å². The second-order valence-electron chi connectivity index (χ2n) is 7.41. The zero-order valence-corrected chi connectivity index (χ0v) is 16.6. The van der Waals surface area contributed by atoms with Gasteiger partial charge in [0, 0.05) is 52.6 Å². The number of rotatable bonds is 7. The van der Waals surface area contributed by atoms with E-state index in [2.05, 4.69) is 52.0 Å². The lowest BCUT2D eigenvalue weighted by molar-refractivity contribution is 0.0625. The summed E-state index contributed by atoms with van der Waals surface area (Å²) >= 11 is 0. The van der Waals surface area contributed by atoms with E-state index in [1.54, 1.807) is 0 Å². The molecule has 142 valence electrons. The van der Waals surface area contributed by atoms with Crippen LogP contribution >= 0.6 is 0 Å². The molecule has 1 aliphatic rings. The van der Waals surface area contributed by atoms with E-state index in [0.717, 1.165) is 50.4 Å². The third kappa shape index (κ3) is 6.34. The molecule has 2 rings (SSSR count). The van der Waals surface area contributed by atoms with Gasteiger partial charge < -0.3 is 15.0 Å². The number of hydrogen-bond acceptors (Lipinski definition) is 3. The fourth-order valence-corrected chi connectivity index (χ4v) is 3.39. The molecule has 0 spiro atoms. The van der Waals surface area contributed by atoms with Gasteiger partial charge in [-0.15, -0.1) is 0 Å². The van der Waals surface area contributed by atoms with Gasteiger partial charge in [0.2, 0.25) is 0 Å². The van der Waals surface area contributed by atoms with Crippen LogP contribution in [0.1, 0.15) is 37.6 Å². The zero-order valence-electron chi connectivity index (χ0n) is 16.6. The molecule has 1 N–H and O–H groups in total. The van der Waals surface area contributed by atoms with Crippen LogP contribution in [0.5, 0.6) is 0 Å². The van der Waals surface area contributed by atoms with Crippen LogP contribution in [0.3, 0.4) is 0 Å². The fourth-order valence-electron chi connectivity index (χ4n) is 3.39. The number of nitrogens with zero attached hydrogens (tertiary/aromatic N) is 4. The van der Waals surface area contributed by atoms with Crippen LogP contribution in [-0.2, 0) is 11.3 Å². The van der Waals surface area contributed by atoms with Crippen LogP contribution in [0.25, 0.3) is 0 Å². The summed E-state index contributed by atoms with van der Waals surface area (Å²) in [7, 11) is 3.99. The molecule has 0 aromatic carbocycles. The summed E-state index contributed by atoms with van der Waals surface area (Å²) in [6, 6.07) is 2.13. The smallest absolute Gasteiger partial charge is 0.193 e. The third-order valence-corrected chi connectivity index (χ3v) is 4.98. The molecule has 2 heterocycles. The summed E-state index contributed by atoms with van der Waals surface area (Å²) in [5.74, 6) is 2.25. The third-order valence-electron chi connectivity index (χ3n) is 4.98. The Balaban J connectivity index is 1.73. The molecule has 25 heavy (non-hydrogen) atoms. The van der Waals surface area contributed by atoms with Gasteiger partial charge in [-0.3, -0.25) is 9.67 Å². The number of nitrogens with one attached hydrogen (secondary N) is 1. The van der Waals surface area contributed by atoms with Gasteiger partial charge in [0.1, 0.15) is 0 Å². The highest BCUT2D eigenvalue weighted by Crippen LogP contribution is 2.18. The number of aliphatic imine (C=N–C) groups is 1. The molecule has 0 amide bonds. The lowest BCUT2D eigenvalue weighted by Crippen LogP contribution is -2.42. The maximum Gasteiger partial charge on any atom is 0.193 e. The van der Waals surface area contributed by atoms with Crippen LogP contribution in [0.2, 0.25) is 0 Å². The van der Waals surface area contributed by atoms with Gasteiger partial charge in [-0.05, 0) is 51.0 Å². The summed E-state index contributed by atoms with van der Waals surface area (Å²) < 4.78 is 7.54. The predicted molar refractivity (Wildman–Crippen MR) is 103 cm³/mol. The normalized spacial score (nSPS) is 17.6. The van der Waals surface area contributed by atoms with E-state index >= 15 is 0 Å². The molecule has 6 heteroatoms. The Morgan fingerprint density at radius 3 is 2.76 bits per heavy atom. The lowest BCUT2D eigenvalue weighted by atomic mass is 9.96. The summed E-state index contributed by atoms with van der Waals surface area (Å²) in [5.41, 5.74) is 2.31. The molecule has 1 aromatic rings. The standard InChI is InChI=1S/C19H35N5O/c1-15(14-24-17(3)12-16(2)22-24)13-21-19(20-4)23(5)9-6-18-7-10-25-11-8-18/h12,15,18H,6-11,13-14H2,1-5H3,(H,20,21). The minimum absolute atomic E-state index is 0.485. The van der Waals surface area contributed by atoms with Crippen LogP contribution in [0.15, 0.2) is 11.1 Å². The van der Waals surface area contributed by atoms with Crippen molar-refractivity contribution >= 4 is 5.96 Å². The van der Waals surface area contributed by atoms with E-state index in [1.807, 2.05) is 14.0 Å². The summed E-state index contributed by atoms with van der Waals surface area (Å²) in [6.45, 7) is 11.1. The Labute approximate surface area is 152 Å². The Morgan fingerprint density at radius 1 is 1.44 bits per heavy atom. The molecule has 0 saturated carbocycles. The van der Waals surface area contributed by atoms with Crippen molar-refractivity contribution in [3.63, 3.8) is 0 Å². The fraction of sp³-hybridized carbons (Fsp3) is 0.789. The van der Waals surface area contributed by atoms with E-state index in [9.17, 15) is 0 Å². The first kappa shape index (κ1) is 19.8. The van der Waals surface area contributed by atoms with E-state index in [1.165, 1.54) is 25.0 Å². The highest BCUT2D eigenvalue weighted by molar-refractivity contribution is 5.79. The van der Waals surface area contributed by atoms with Gasteiger partial charge in [0.25, 0.3) is 0 Å². The van der Waals surface area contributed by atoms with E-state index in [0.29, 0.717) is 5.92 Å². The molecule has 1 fully saturated rings. The molecule has 1 atom stereocenters. The maximum absolute atomic E-state index is 5.44. The van der Waals surface area contributed by atoms with Gasteiger partial charge in [0.15, 0.2) is 5.96 Å². The van der Waals surface area contributed by atoms with E-state index in [-0.39, 0.29) is 0 Å². The van der Waals surface area contributed by atoms with Gasteiger partial charge in [-0.1, -0.05) is 6.92 Å². The first-order valence-corrected chi connectivity index (χ1v) is 9.50. The van der Waals surface area contributed by atoms with E-state index in [4.69, 9.17) is 4.74 Å². The SMILES string of the molecule is CN=C(NCC(C)Cn1nc(C)cc1C)N(C)CCC1CCOCC1. The van der Waals surface area contributed by atoms with E-state index < -0.39 is 0 Å². The lowest BCUT2D eigenvalue weighted by Gasteiger charge is -2.27. The second kappa shape index (κ2) is 9.80. The topological polar surface area (TPSA) is 54.7 Å². The van der Waals surface area contributed by atoms with Gasteiger partial charge in [0.05, 0.1) is 5.69 Å². The van der Waals surface area contributed by atoms with Crippen molar-refractivity contribution in [2.24, 2.45) is 16.8 Å². The number of aromatic nitrogens is 2. The summed E-state index contributed by atoms with van der Waals surface area (Å²) in [4.78, 5) is 6.68. The Morgan fingerprint density at radius 2 is 2.16 bits per heavy atom. The van der Waals surface area contributed by atoms with Crippen LogP contribution in [0, 0.1) is 25.7 Å². The van der Waals surface area contributed by atoms with Crippen molar-refractivity contribution in [2.45, 2.75) is 46.6 Å². The molecular formula is C19H35N5O. The summed E-state index contributed by atoms with van der Waals surface area (Å²) in [6.07, 6.45) is 3.60. The largest absolute Gasteiger partial charge is 0.381 e. The van der Waals surface area contributed by atoms with Crippen LogP contribution in [0.4, 0.5) is 0 Å². The zero-order chi connectivity index (χ0) is 18.2. The van der Waals surface area contributed by atoms with Gasteiger partial charge >= 0.3 is 0 Å². The second-order valence-corrected chi connectivity index (χ2v) is 7.41. The predicted octanol–water partition coefficient (Wildman–Crippen LogP) is 2.46. The summed E-state index contributed by atoms with van der Waals surface area (Å²) in [5, 5.41) is 8.07. The first-order valence-electron chi connectivity index (χ1n) is 9.50. The van der Waals surface area contributed by atoms with Crippen molar-refractivity contribution in [3.05, 3.63) is 17.5 Å². The number of hydrogen-bond donors (Lipinski definition) is 1. The average Bonchev–Trinajstić information content (AvgIpc) is 2.91. The molecule has 6 nitrogen and oxygen atoms in total. The Kier molecular flexibility index (Phi) is 7.75. The minimum Gasteiger partial charge on any atom is -0.381 e. The molecule has 1 saturated heterocycles. The molecule has 0 radical (unpaired) electrons. The maximum atomic E-state index is 5.44. The monoisotopic (exact) mass is 349 g/mol. The van der Waals surface area contributed by atoms with Crippen molar-refractivity contribution in [1.29, 1.82) is 0 Å². The average molecular weight is 350 g/mol. The van der Waals surface area contributed by atoms with Gasteiger partial charge in [-0.25, -0.2) is 0 Å².